The summed E-state index contributed by atoms with van der Waals surface area (Å²) >= 11 is 0. The zero-order valence-electron chi connectivity index (χ0n) is 32.2. The number of phenolic OH excluding ortho intramolecular Hbond substituents is 2. The van der Waals surface area contributed by atoms with Crippen molar-refractivity contribution in [1.29, 1.82) is 0 Å². The van der Waals surface area contributed by atoms with Gasteiger partial charge in [-0.1, -0.05) is 72.8 Å². The number of carbonyl (C=O) groups excluding carboxylic acids is 3. The fourth-order valence-electron chi connectivity index (χ4n) is 5.81. The molecule has 6 aromatic rings. The van der Waals surface area contributed by atoms with E-state index in [0.717, 1.165) is 44.2 Å². The number of rotatable bonds is 10. The monoisotopic (exact) mass is 756 g/mol. The lowest BCUT2D eigenvalue weighted by molar-refractivity contribution is 0.0464. The van der Waals surface area contributed by atoms with Crippen molar-refractivity contribution in [2.24, 2.45) is 5.73 Å². The van der Waals surface area contributed by atoms with Crippen LogP contribution in [-0.2, 0) is 4.74 Å². The first-order valence-corrected chi connectivity index (χ1v) is 18.0. The Labute approximate surface area is 327 Å². The number of nitrogens with two attached hydrogens (primary N) is 1. The molecule has 0 fully saturated rings. The lowest BCUT2D eigenvalue weighted by atomic mass is 9.88. The molecule has 0 heterocycles. The highest BCUT2D eigenvalue weighted by molar-refractivity contribution is 6.07. The average Bonchev–Trinajstić information content (AvgIpc) is 3.21. The van der Waals surface area contributed by atoms with E-state index in [1.54, 1.807) is 80.6 Å². The van der Waals surface area contributed by atoms with Crippen molar-refractivity contribution >= 4 is 28.9 Å². The third-order valence-corrected chi connectivity index (χ3v) is 8.69. The third kappa shape index (κ3) is 11.0. The van der Waals surface area contributed by atoms with Gasteiger partial charge >= 0.3 is 5.97 Å². The predicted octanol–water partition coefficient (Wildman–Crippen LogP) is 8.01. The van der Waals surface area contributed by atoms with Crippen LogP contribution in [-0.4, -0.2) is 65.9 Å². The molecule has 1 amide bonds. The number of methoxy groups -OCH3 is 1. The van der Waals surface area contributed by atoms with Gasteiger partial charge in [0.1, 0.15) is 12.4 Å². The van der Waals surface area contributed by atoms with Crippen LogP contribution in [0.2, 0.25) is 0 Å². The number of aromatic hydroxyl groups is 2. The number of hydrogen-bond donors (Lipinski definition) is 5. The van der Waals surface area contributed by atoms with Crippen molar-refractivity contribution in [3.8, 4) is 39.5 Å². The van der Waals surface area contributed by atoms with E-state index in [-0.39, 0.29) is 48.3 Å². The number of nitrogens with one attached hydrogen (secondary N) is 1. The number of hydrogen-bond acceptors (Lipinski definition) is 9. The topological polar surface area (TPSA) is 168 Å². The van der Waals surface area contributed by atoms with E-state index in [0.29, 0.717) is 23.2 Å². The Balaban J connectivity index is 0.000000233. The first kappa shape index (κ1) is 42.3. The number of carbonyl (C=O) groups is 3. The zero-order valence-corrected chi connectivity index (χ0v) is 32.2. The van der Waals surface area contributed by atoms with Crippen LogP contribution >= 0.6 is 0 Å². The molecule has 2 atom stereocenters. The molecule has 6 N–H and O–H groups in total. The summed E-state index contributed by atoms with van der Waals surface area (Å²) in [6, 6.07) is 36.4. The van der Waals surface area contributed by atoms with Gasteiger partial charge in [-0.15, -0.1) is 0 Å². The summed E-state index contributed by atoms with van der Waals surface area (Å²) in [5.74, 6) is -0.0838. The van der Waals surface area contributed by atoms with Crippen molar-refractivity contribution in [3.63, 3.8) is 0 Å². The molecule has 0 bridgehead atoms. The number of aryl methyl sites for hydroxylation is 2. The van der Waals surface area contributed by atoms with Crippen molar-refractivity contribution < 1.29 is 39.2 Å². The number of fused-ring (bicyclic) bond motifs is 1. The van der Waals surface area contributed by atoms with Gasteiger partial charge in [-0.2, -0.15) is 0 Å². The van der Waals surface area contributed by atoms with Crippen LogP contribution in [0.25, 0.3) is 33.0 Å². The van der Waals surface area contributed by atoms with Gasteiger partial charge in [0.2, 0.25) is 0 Å². The second kappa shape index (κ2) is 20.3. The maximum atomic E-state index is 11.9. The molecule has 10 nitrogen and oxygen atoms in total. The standard InChI is InChI=1S/C26H22O4.C17H17NO3.C3H9NO/c1-15-10-23(28)18(14-27)12-21(15)19-8-4-6-17-7-5-9-20(26(17)19)22-13-25(30-3)24(29)11-16(22)2;1-13(18-16(19)14-8-4-2-5-9-14)12-21-17(20)15-10-6-3-7-11-15;1-3(4)2-5/h4-14,28-29H,1-3H3;2-11,13H,12H2,1H3,(H,18,19);3,5H,2,4H2,1H3. The van der Waals surface area contributed by atoms with Gasteiger partial charge in [0.25, 0.3) is 5.91 Å². The van der Waals surface area contributed by atoms with Crippen LogP contribution in [0.15, 0.2) is 121 Å². The summed E-state index contributed by atoms with van der Waals surface area (Å²) in [5, 5.41) is 33.1. The molecule has 10 heteroatoms. The SMILES string of the molecule is CC(COC(=O)c1ccccc1)NC(=O)c1ccccc1.CC(N)CO.COc1cc(-c2cccc3cccc(-c4cc(C=O)c(O)cc4C)c23)c(C)cc1O. The van der Waals surface area contributed by atoms with E-state index < -0.39 is 5.97 Å². The molecule has 0 aliphatic heterocycles. The highest BCUT2D eigenvalue weighted by atomic mass is 16.5. The van der Waals surface area contributed by atoms with Gasteiger partial charge in [-0.25, -0.2) is 4.79 Å². The second-order valence-electron chi connectivity index (χ2n) is 13.3. The smallest absolute Gasteiger partial charge is 0.338 e. The van der Waals surface area contributed by atoms with Crippen molar-refractivity contribution in [2.75, 3.05) is 20.3 Å². The number of benzene rings is 6. The molecule has 6 rings (SSSR count). The molecule has 0 spiro atoms. The van der Waals surface area contributed by atoms with E-state index in [2.05, 4.69) is 5.32 Å². The van der Waals surface area contributed by atoms with Gasteiger partial charge in [0.05, 0.1) is 30.9 Å². The maximum Gasteiger partial charge on any atom is 0.338 e. The molecule has 0 radical (unpaired) electrons. The van der Waals surface area contributed by atoms with E-state index >= 15 is 0 Å². The fourth-order valence-corrected chi connectivity index (χ4v) is 5.81. The van der Waals surface area contributed by atoms with Crippen molar-refractivity contribution in [2.45, 2.75) is 39.8 Å². The molecule has 0 saturated heterocycles. The first-order chi connectivity index (χ1) is 26.9. The number of aldehydes is 1. The van der Waals surface area contributed by atoms with Crippen LogP contribution in [0.1, 0.15) is 56.0 Å². The Morgan fingerprint density at radius 3 is 1.77 bits per heavy atom. The molecule has 6 aromatic carbocycles. The first-order valence-electron chi connectivity index (χ1n) is 18.0. The molecular weight excluding hydrogens is 709 g/mol. The van der Waals surface area contributed by atoms with E-state index in [9.17, 15) is 24.6 Å². The fraction of sp³-hybridized carbons (Fsp3) is 0.196. The normalized spacial score (nSPS) is 11.5. The van der Waals surface area contributed by atoms with Gasteiger partial charge in [-0.3, -0.25) is 9.59 Å². The quantitative estimate of drug-likeness (QED) is 0.0687. The summed E-state index contributed by atoms with van der Waals surface area (Å²) in [6.07, 6.45) is 0.666. The van der Waals surface area contributed by atoms with Gasteiger partial charge in [0.15, 0.2) is 17.8 Å². The molecule has 0 saturated carbocycles. The Morgan fingerprint density at radius 2 is 1.25 bits per heavy atom. The lowest BCUT2D eigenvalue weighted by Gasteiger charge is -2.17. The maximum absolute atomic E-state index is 11.9. The molecule has 2 unspecified atom stereocenters. The van der Waals surface area contributed by atoms with Gasteiger partial charge < -0.3 is 35.8 Å². The Bertz CT molecular complexity index is 2250. The van der Waals surface area contributed by atoms with Crippen LogP contribution in [0, 0.1) is 13.8 Å². The zero-order chi connectivity index (χ0) is 40.8. The number of phenols is 2. The molecule has 290 valence electrons. The van der Waals surface area contributed by atoms with Crippen molar-refractivity contribution in [3.05, 3.63) is 149 Å². The van der Waals surface area contributed by atoms with E-state index in [1.807, 2.05) is 68.4 Å². The summed E-state index contributed by atoms with van der Waals surface area (Å²) in [4.78, 5) is 35.1. The van der Waals surface area contributed by atoms with E-state index in [4.69, 9.17) is 20.3 Å². The molecule has 56 heavy (non-hydrogen) atoms. The van der Waals surface area contributed by atoms with Gasteiger partial charge in [0, 0.05) is 11.6 Å². The molecule has 0 aliphatic rings. The Hall–Kier alpha value is -6.49. The van der Waals surface area contributed by atoms with Crippen molar-refractivity contribution in [1.82, 2.24) is 5.32 Å². The molecular formula is C46H48N2O8. The number of aliphatic hydroxyl groups excluding tert-OH is 1. The summed E-state index contributed by atoms with van der Waals surface area (Å²) in [6.45, 7) is 7.62. The lowest BCUT2D eigenvalue weighted by Crippen LogP contribution is -2.36. The Kier molecular flexibility index (Phi) is 15.3. The summed E-state index contributed by atoms with van der Waals surface area (Å²) < 4.78 is 10.5. The second-order valence-corrected chi connectivity index (χ2v) is 13.3. The minimum Gasteiger partial charge on any atom is -0.507 e. The number of aliphatic hydroxyl groups is 1. The predicted molar refractivity (Wildman–Crippen MR) is 220 cm³/mol. The summed E-state index contributed by atoms with van der Waals surface area (Å²) in [5.41, 5.74) is 12.0. The molecule has 0 aromatic heterocycles. The number of ether oxygens (including phenoxy) is 2. The highest BCUT2D eigenvalue weighted by Gasteiger charge is 2.17. The van der Waals surface area contributed by atoms with Crippen LogP contribution < -0.4 is 15.8 Å². The third-order valence-electron chi connectivity index (χ3n) is 8.69. The van der Waals surface area contributed by atoms with E-state index in [1.165, 1.54) is 7.11 Å². The number of amides is 1. The van der Waals surface area contributed by atoms with Crippen LogP contribution in [0.3, 0.4) is 0 Å². The van der Waals surface area contributed by atoms with Crippen LogP contribution in [0.5, 0.6) is 17.2 Å². The minimum absolute atomic E-state index is 0.0224. The summed E-state index contributed by atoms with van der Waals surface area (Å²) in [7, 11) is 1.53. The van der Waals surface area contributed by atoms with Gasteiger partial charge in [-0.05, 0) is 120 Å². The molecule has 0 aliphatic carbocycles. The number of esters is 1. The van der Waals surface area contributed by atoms with Crippen LogP contribution in [0.4, 0.5) is 0 Å². The largest absolute Gasteiger partial charge is 0.507 e. The average molecular weight is 757 g/mol. The highest BCUT2D eigenvalue weighted by Crippen LogP contribution is 2.42. The minimum atomic E-state index is -0.392. The Morgan fingerprint density at radius 1 is 0.732 bits per heavy atom.